The van der Waals surface area contributed by atoms with Crippen LogP contribution in [0.3, 0.4) is 0 Å². The highest BCUT2D eigenvalue weighted by molar-refractivity contribution is 9.11. The minimum Gasteiger partial charge on any atom is -0.206 e. The standard InChI is InChI=1S/C9H12BrNO2S3/c1-7-6-11(4-5-14-7)16(12,13)9-3-2-8(10)15-9/h2-3,7H,4-6H2,1H3. The van der Waals surface area contributed by atoms with Gasteiger partial charge in [0.2, 0.25) is 0 Å². The van der Waals surface area contributed by atoms with Crippen molar-refractivity contribution in [2.75, 3.05) is 18.8 Å². The van der Waals surface area contributed by atoms with E-state index in [1.807, 2.05) is 11.8 Å². The molecule has 1 unspecified atom stereocenters. The molecule has 1 aromatic rings. The molecule has 1 saturated heterocycles. The zero-order chi connectivity index (χ0) is 11.8. The summed E-state index contributed by atoms with van der Waals surface area (Å²) in [6.45, 7) is 3.30. The molecule has 1 fully saturated rings. The van der Waals surface area contributed by atoms with Crippen LogP contribution in [0.5, 0.6) is 0 Å². The third-order valence-corrected chi connectivity index (χ3v) is 7.44. The smallest absolute Gasteiger partial charge is 0.206 e. The molecule has 0 saturated carbocycles. The van der Waals surface area contributed by atoms with Gasteiger partial charge in [0.05, 0.1) is 3.79 Å². The molecule has 90 valence electrons. The minimum absolute atomic E-state index is 0.381. The first kappa shape index (κ1) is 12.9. The second-order valence-corrected chi connectivity index (χ2v) is 9.78. The summed E-state index contributed by atoms with van der Waals surface area (Å²) in [5.74, 6) is 0.882. The molecule has 0 aromatic carbocycles. The molecule has 1 aliphatic rings. The van der Waals surface area contributed by atoms with Crippen molar-refractivity contribution in [3.63, 3.8) is 0 Å². The predicted octanol–water partition coefficient (Wildman–Crippen LogP) is 2.64. The number of hydrogen-bond acceptors (Lipinski definition) is 4. The lowest BCUT2D eigenvalue weighted by Gasteiger charge is -2.29. The Kier molecular flexibility index (Phi) is 4.01. The first-order valence-electron chi connectivity index (χ1n) is 4.87. The van der Waals surface area contributed by atoms with Crippen LogP contribution in [-0.2, 0) is 10.0 Å². The van der Waals surface area contributed by atoms with E-state index in [1.54, 1.807) is 16.4 Å². The highest BCUT2D eigenvalue weighted by Crippen LogP contribution is 2.30. The molecule has 0 spiro atoms. The van der Waals surface area contributed by atoms with Crippen molar-refractivity contribution in [1.29, 1.82) is 0 Å². The molecule has 0 bridgehead atoms. The lowest BCUT2D eigenvalue weighted by atomic mass is 10.4. The fraction of sp³-hybridized carbons (Fsp3) is 0.556. The molecular formula is C9H12BrNO2S3. The highest BCUT2D eigenvalue weighted by Gasteiger charge is 2.29. The first-order chi connectivity index (χ1) is 7.50. The van der Waals surface area contributed by atoms with Crippen molar-refractivity contribution >= 4 is 49.1 Å². The van der Waals surface area contributed by atoms with Gasteiger partial charge < -0.3 is 0 Å². The maximum Gasteiger partial charge on any atom is 0.252 e. The van der Waals surface area contributed by atoms with Gasteiger partial charge in [-0.25, -0.2) is 8.42 Å². The van der Waals surface area contributed by atoms with Gasteiger partial charge in [0.15, 0.2) is 0 Å². The van der Waals surface area contributed by atoms with Crippen molar-refractivity contribution in [1.82, 2.24) is 4.31 Å². The molecule has 1 aromatic heterocycles. The van der Waals surface area contributed by atoms with Crippen molar-refractivity contribution in [2.24, 2.45) is 0 Å². The molecule has 1 aliphatic heterocycles. The monoisotopic (exact) mass is 341 g/mol. The van der Waals surface area contributed by atoms with Crippen LogP contribution in [-0.4, -0.2) is 36.8 Å². The number of sulfonamides is 1. The first-order valence-corrected chi connectivity index (χ1v) is 8.97. The average Bonchev–Trinajstić information content (AvgIpc) is 2.65. The molecule has 0 amide bonds. The van der Waals surface area contributed by atoms with Gasteiger partial charge in [0, 0.05) is 24.1 Å². The van der Waals surface area contributed by atoms with Crippen LogP contribution in [0.4, 0.5) is 0 Å². The number of thioether (sulfide) groups is 1. The van der Waals surface area contributed by atoms with Crippen LogP contribution >= 0.6 is 39.0 Å². The van der Waals surface area contributed by atoms with Crippen LogP contribution in [0, 0.1) is 0 Å². The molecule has 1 atom stereocenters. The minimum atomic E-state index is -3.27. The third-order valence-electron chi connectivity index (χ3n) is 2.35. The predicted molar refractivity (Wildman–Crippen MR) is 72.7 cm³/mol. The van der Waals surface area contributed by atoms with E-state index in [9.17, 15) is 8.42 Å². The van der Waals surface area contributed by atoms with E-state index in [1.165, 1.54) is 11.3 Å². The van der Waals surface area contributed by atoms with Crippen molar-refractivity contribution in [3.05, 3.63) is 15.9 Å². The van der Waals surface area contributed by atoms with Crippen LogP contribution < -0.4 is 0 Å². The number of halogens is 1. The number of rotatable bonds is 2. The molecule has 0 aliphatic carbocycles. The Morgan fingerprint density at radius 1 is 1.50 bits per heavy atom. The van der Waals surface area contributed by atoms with Crippen molar-refractivity contribution in [2.45, 2.75) is 16.4 Å². The van der Waals surface area contributed by atoms with E-state index in [0.29, 0.717) is 22.5 Å². The fourth-order valence-corrected chi connectivity index (χ4v) is 6.49. The maximum atomic E-state index is 12.3. The van der Waals surface area contributed by atoms with Crippen LogP contribution in [0.2, 0.25) is 0 Å². The lowest BCUT2D eigenvalue weighted by molar-refractivity contribution is 0.425. The zero-order valence-electron chi connectivity index (χ0n) is 8.72. The summed E-state index contributed by atoms with van der Waals surface area (Å²) in [7, 11) is -3.27. The van der Waals surface area contributed by atoms with Crippen molar-refractivity contribution < 1.29 is 8.42 Å². The van der Waals surface area contributed by atoms with Gasteiger partial charge in [-0.3, -0.25) is 0 Å². The molecule has 16 heavy (non-hydrogen) atoms. The van der Waals surface area contributed by atoms with Gasteiger partial charge in [-0.05, 0) is 28.1 Å². The maximum absolute atomic E-state index is 12.3. The molecule has 0 N–H and O–H groups in total. The molecule has 7 heteroatoms. The van der Waals surface area contributed by atoms with Gasteiger partial charge in [-0.15, -0.1) is 11.3 Å². The van der Waals surface area contributed by atoms with Gasteiger partial charge >= 0.3 is 0 Å². The van der Waals surface area contributed by atoms with E-state index in [2.05, 4.69) is 22.9 Å². The Bertz CT molecular complexity index is 471. The summed E-state index contributed by atoms with van der Waals surface area (Å²) < 4.78 is 27.4. The van der Waals surface area contributed by atoms with E-state index in [0.717, 1.165) is 9.54 Å². The second kappa shape index (κ2) is 4.97. The Morgan fingerprint density at radius 3 is 2.81 bits per heavy atom. The third kappa shape index (κ3) is 2.64. The summed E-state index contributed by atoms with van der Waals surface area (Å²) in [6, 6.07) is 3.44. The van der Waals surface area contributed by atoms with Gasteiger partial charge in [0.25, 0.3) is 10.0 Å². The van der Waals surface area contributed by atoms with Crippen LogP contribution in [0.25, 0.3) is 0 Å². The zero-order valence-corrected chi connectivity index (χ0v) is 12.8. The Hall–Kier alpha value is 0.440. The van der Waals surface area contributed by atoms with Gasteiger partial charge in [-0.1, -0.05) is 6.92 Å². The Balaban J connectivity index is 2.25. The Labute approximate surface area is 112 Å². The Morgan fingerprint density at radius 2 is 2.25 bits per heavy atom. The summed E-state index contributed by atoms with van der Waals surface area (Å²) >= 11 is 6.39. The number of thiophene rings is 1. The summed E-state index contributed by atoms with van der Waals surface area (Å²) in [5.41, 5.74) is 0. The molecular weight excluding hydrogens is 330 g/mol. The van der Waals surface area contributed by atoms with E-state index < -0.39 is 10.0 Å². The van der Waals surface area contributed by atoms with Crippen molar-refractivity contribution in [3.8, 4) is 0 Å². The molecule has 0 radical (unpaired) electrons. The van der Waals surface area contributed by atoms with Crippen LogP contribution in [0.1, 0.15) is 6.92 Å². The molecule has 2 heterocycles. The topological polar surface area (TPSA) is 37.4 Å². The summed E-state index contributed by atoms with van der Waals surface area (Å²) in [4.78, 5) is 0. The molecule has 2 rings (SSSR count). The van der Waals surface area contributed by atoms with Gasteiger partial charge in [0.1, 0.15) is 4.21 Å². The van der Waals surface area contributed by atoms with E-state index in [-0.39, 0.29) is 0 Å². The summed E-state index contributed by atoms with van der Waals surface area (Å²) in [6.07, 6.45) is 0. The summed E-state index contributed by atoms with van der Waals surface area (Å²) in [5, 5.41) is 0.381. The second-order valence-electron chi connectivity index (χ2n) is 3.60. The number of nitrogens with zero attached hydrogens (tertiary/aromatic N) is 1. The normalized spacial score (nSPS) is 23.5. The lowest BCUT2D eigenvalue weighted by Crippen LogP contribution is -2.40. The van der Waals surface area contributed by atoms with Crippen LogP contribution in [0.15, 0.2) is 20.1 Å². The SMILES string of the molecule is CC1CN(S(=O)(=O)c2ccc(Br)s2)CCS1. The largest absolute Gasteiger partial charge is 0.252 e. The quantitative estimate of drug-likeness (QED) is 0.829. The molecule has 3 nitrogen and oxygen atoms in total. The van der Waals surface area contributed by atoms with Gasteiger partial charge in [-0.2, -0.15) is 16.1 Å². The number of hydrogen-bond donors (Lipinski definition) is 0. The highest BCUT2D eigenvalue weighted by atomic mass is 79.9. The van der Waals surface area contributed by atoms with E-state index in [4.69, 9.17) is 0 Å². The average molecular weight is 342 g/mol. The fourth-order valence-electron chi connectivity index (χ4n) is 1.57. The van der Waals surface area contributed by atoms with E-state index >= 15 is 0 Å².